The largest absolute Gasteiger partial charge is 0.462 e. The topological polar surface area (TPSA) is 74.2 Å². The number of hydrogen-bond acceptors (Lipinski definition) is 6. The predicted molar refractivity (Wildman–Crippen MR) is 97.2 cm³/mol. The molecule has 2 heterocycles. The number of hydrogen-bond donors (Lipinski definition) is 0. The first-order valence-corrected chi connectivity index (χ1v) is 8.30. The molecule has 2 aromatic heterocycles. The standard InChI is InChI=1S/C20H19N3O3/c1-4-25-20(24)15-8-7-9-16(12-15)26-19-13(2)14(3)22-18(23-19)17-10-5-6-11-21-17/h5-12H,4H2,1-3H3. The zero-order chi connectivity index (χ0) is 18.5. The second kappa shape index (κ2) is 7.74. The lowest BCUT2D eigenvalue weighted by molar-refractivity contribution is 0.0526. The molecule has 0 aliphatic heterocycles. The highest BCUT2D eigenvalue weighted by Gasteiger charge is 2.14. The van der Waals surface area contributed by atoms with Crippen LogP contribution >= 0.6 is 0 Å². The van der Waals surface area contributed by atoms with Crippen molar-refractivity contribution in [2.24, 2.45) is 0 Å². The van der Waals surface area contributed by atoms with Gasteiger partial charge in [-0.15, -0.1) is 0 Å². The quantitative estimate of drug-likeness (QED) is 0.645. The number of nitrogens with zero attached hydrogens (tertiary/aromatic N) is 3. The predicted octanol–water partition coefficient (Wildman–Crippen LogP) is 4.12. The van der Waals surface area contributed by atoms with Crippen LogP contribution in [0.4, 0.5) is 0 Å². The van der Waals surface area contributed by atoms with Crippen molar-refractivity contribution in [3.8, 4) is 23.1 Å². The van der Waals surface area contributed by atoms with Crippen LogP contribution in [0.3, 0.4) is 0 Å². The summed E-state index contributed by atoms with van der Waals surface area (Å²) in [5.74, 6) is 1.04. The first-order chi connectivity index (χ1) is 12.6. The van der Waals surface area contributed by atoms with E-state index in [1.165, 1.54) is 0 Å². The van der Waals surface area contributed by atoms with Gasteiger partial charge < -0.3 is 9.47 Å². The highest BCUT2D eigenvalue weighted by atomic mass is 16.5. The van der Waals surface area contributed by atoms with Gasteiger partial charge in [0.25, 0.3) is 0 Å². The van der Waals surface area contributed by atoms with E-state index in [9.17, 15) is 4.79 Å². The average molecular weight is 349 g/mol. The minimum absolute atomic E-state index is 0.321. The summed E-state index contributed by atoms with van der Waals surface area (Å²) in [5, 5.41) is 0. The monoisotopic (exact) mass is 349 g/mol. The molecule has 0 aliphatic rings. The molecule has 0 aliphatic carbocycles. The van der Waals surface area contributed by atoms with E-state index in [-0.39, 0.29) is 5.97 Å². The second-order valence-electron chi connectivity index (χ2n) is 5.63. The van der Waals surface area contributed by atoms with Crippen molar-refractivity contribution in [1.82, 2.24) is 15.0 Å². The summed E-state index contributed by atoms with van der Waals surface area (Å²) < 4.78 is 11.0. The molecule has 1 aromatic carbocycles. The fourth-order valence-corrected chi connectivity index (χ4v) is 2.32. The second-order valence-corrected chi connectivity index (χ2v) is 5.63. The molecule has 0 spiro atoms. The van der Waals surface area contributed by atoms with Crippen LogP contribution in [0.25, 0.3) is 11.5 Å². The molecule has 3 aromatic rings. The zero-order valence-corrected chi connectivity index (χ0v) is 14.9. The summed E-state index contributed by atoms with van der Waals surface area (Å²) in [6.07, 6.45) is 1.69. The van der Waals surface area contributed by atoms with Crippen molar-refractivity contribution in [3.63, 3.8) is 0 Å². The number of esters is 1. The average Bonchev–Trinajstić information content (AvgIpc) is 2.66. The maximum absolute atomic E-state index is 11.9. The molecule has 26 heavy (non-hydrogen) atoms. The summed E-state index contributed by atoms with van der Waals surface area (Å²) in [6, 6.07) is 12.4. The summed E-state index contributed by atoms with van der Waals surface area (Å²) in [6.45, 7) is 5.87. The molecule has 0 saturated heterocycles. The molecule has 132 valence electrons. The first-order valence-electron chi connectivity index (χ1n) is 8.30. The van der Waals surface area contributed by atoms with Gasteiger partial charge in [0.05, 0.1) is 12.2 Å². The fraction of sp³-hybridized carbons (Fsp3) is 0.200. The molecule has 6 heteroatoms. The van der Waals surface area contributed by atoms with Gasteiger partial charge in [0.1, 0.15) is 11.4 Å². The molecular formula is C20H19N3O3. The molecule has 3 rings (SSSR count). The number of ether oxygens (including phenoxy) is 2. The van der Waals surface area contributed by atoms with Crippen LogP contribution in [0.15, 0.2) is 48.7 Å². The van der Waals surface area contributed by atoms with E-state index in [1.54, 1.807) is 37.4 Å². The SMILES string of the molecule is CCOC(=O)c1cccc(Oc2nc(-c3ccccn3)nc(C)c2C)c1. The third kappa shape index (κ3) is 3.85. The Morgan fingerprint density at radius 3 is 2.65 bits per heavy atom. The Bertz CT molecular complexity index is 927. The molecular weight excluding hydrogens is 330 g/mol. The van der Waals surface area contributed by atoms with Gasteiger partial charge in [0, 0.05) is 17.5 Å². The summed E-state index contributed by atoms with van der Waals surface area (Å²) in [7, 11) is 0. The number of benzene rings is 1. The van der Waals surface area contributed by atoms with Gasteiger partial charge in [-0.25, -0.2) is 9.78 Å². The Hall–Kier alpha value is -3.28. The number of aryl methyl sites for hydroxylation is 1. The van der Waals surface area contributed by atoms with Crippen LogP contribution < -0.4 is 4.74 Å². The third-order valence-electron chi connectivity index (χ3n) is 3.80. The van der Waals surface area contributed by atoms with Crippen molar-refractivity contribution in [2.75, 3.05) is 6.61 Å². The van der Waals surface area contributed by atoms with E-state index in [2.05, 4.69) is 15.0 Å². The van der Waals surface area contributed by atoms with E-state index in [1.807, 2.05) is 32.0 Å². The summed E-state index contributed by atoms with van der Waals surface area (Å²) in [5.41, 5.74) is 2.72. The minimum Gasteiger partial charge on any atom is -0.462 e. The van der Waals surface area contributed by atoms with Gasteiger partial charge in [-0.3, -0.25) is 4.98 Å². The Morgan fingerprint density at radius 1 is 1.08 bits per heavy atom. The van der Waals surface area contributed by atoms with Gasteiger partial charge in [-0.2, -0.15) is 4.98 Å². The lowest BCUT2D eigenvalue weighted by atomic mass is 10.2. The third-order valence-corrected chi connectivity index (χ3v) is 3.80. The number of carbonyl (C=O) groups excluding carboxylic acids is 1. The molecule has 6 nitrogen and oxygen atoms in total. The minimum atomic E-state index is -0.386. The van der Waals surface area contributed by atoms with Crippen LogP contribution in [0.1, 0.15) is 28.5 Å². The molecule has 0 radical (unpaired) electrons. The normalized spacial score (nSPS) is 10.4. The molecule has 0 atom stereocenters. The van der Waals surface area contributed by atoms with Crippen molar-refractivity contribution in [3.05, 3.63) is 65.5 Å². The maximum Gasteiger partial charge on any atom is 0.338 e. The molecule has 0 amide bonds. The van der Waals surface area contributed by atoms with Gasteiger partial charge in [0.15, 0.2) is 5.82 Å². The molecule has 0 bridgehead atoms. The smallest absolute Gasteiger partial charge is 0.338 e. The highest BCUT2D eigenvalue weighted by molar-refractivity contribution is 5.89. The lowest BCUT2D eigenvalue weighted by Crippen LogP contribution is -2.05. The van der Waals surface area contributed by atoms with E-state index < -0.39 is 0 Å². The number of pyridine rings is 1. The highest BCUT2D eigenvalue weighted by Crippen LogP contribution is 2.27. The molecule has 0 fully saturated rings. The van der Waals surface area contributed by atoms with Crippen LogP contribution in [-0.2, 0) is 4.74 Å². The zero-order valence-electron chi connectivity index (χ0n) is 14.9. The van der Waals surface area contributed by atoms with Crippen molar-refractivity contribution in [1.29, 1.82) is 0 Å². The van der Waals surface area contributed by atoms with Crippen LogP contribution in [0.5, 0.6) is 11.6 Å². The fourth-order valence-electron chi connectivity index (χ4n) is 2.32. The van der Waals surface area contributed by atoms with Crippen LogP contribution in [0, 0.1) is 13.8 Å². The van der Waals surface area contributed by atoms with E-state index in [4.69, 9.17) is 9.47 Å². The molecule has 0 saturated carbocycles. The van der Waals surface area contributed by atoms with Crippen LogP contribution in [0.2, 0.25) is 0 Å². The number of aromatic nitrogens is 3. The van der Waals surface area contributed by atoms with E-state index in [0.717, 1.165) is 11.3 Å². The van der Waals surface area contributed by atoms with Crippen molar-refractivity contribution >= 4 is 5.97 Å². The van der Waals surface area contributed by atoms with Gasteiger partial charge in [0.2, 0.25) is 5.88 Å². The maximum atomic E-state index is 11.9. The van der Waals surface area contributed by atoms with Crippen LogP contribution in [-0.4, -0.2) is 27.5 Å². The Balaban J connectivity index is 1.94. The Labute approximate surface area is 151 Å². The van der Waals surface area contributed by atoms with Gasteiger partial charge in [-0.05, 0) is 51.1 Å². The Kier molecular flexibility index (Phi) is 5.22. The number of rotatable bonds is 5. The van der Waals surface area contributed by atoms with Gasteiger partial charge >= 0.3 is 5.97 Å². The lowest BCUT2D eigenvalue weighted by Gasteiger charge is -2.12. The van der Waals surface area contributed by atoms with E-state index in [0.29, 0.717) is 35.3 Å². The van der Waals surface area contributed by atoms with E-state index >= 15 is 0 Å². The van der Waals surface area contributed by atoms with Gasteiger partial charge in [-0.1, -0.05) is 12.1 Å². The first kappa shape index (κ1) is 17.5. The number of carbonyl (C=O) groups is 1. The van der Waals surface area contributed by atoms with Crippen molar-refractivity contribution in [2.45, 2.75) is 20.8 Å². The summed E-state index contributed by atoms with van der Waals surface area (Å²) >= 11 is 0. The van der Waals surface area contributed by atoms with Crippen molar-refractivity contribution < 1.29 is 14.3 Å². The summed E-state index contributed by atoms with van der Waals surface area (Å²) in [4.78, 5) is 25.2. The molecule has 0 unspecified atom stereocenters. The molecule has 0 N–H and O–H groups in total. The Morgan fingerprint density at radius 2 is 1.92 bits per heavy atom.